The van der Waals surface area contributed by atoms with Crippen molar-refractivity contribution in [1.82, 2.24) is 13.2 Å². The van der Waals surface area contributed by atoms with E-state index in [1.807, 2.05) is 7.05 Å². The van der Waals surface area contributed by atoms with E-state index in [1.165, 1.54) is 29.9 Å². The van der Waals surface area contributed by atoms with Gasteiger partial charge in [0.05, 0.1) is 12.7 Å². The van der Waals surface area contributed by atoms with Crippen LogP contribution in [-0.4, -0.2) is 67.9 Å². The predicted molar refractivity (Wildman–Crippen MR) is 69.2 cm³/mol. The smallest absolute Gasteiger partial charge is 0.339 e. The lowest BCUT2D eigenvalue weighted by atomic mass is 10.3. The first kappa shape index (κ1) is 14.0. The molecular formula is C11H17N3O4S. The Balaban J connectivity index is 2.20. The third-order valence-corrected chi connectivity index (χ3v) is 4.92. The van der Waals surface area contributed by atoms with E-state index in [0.717, 1.165) is 3.97 Å². The van der Waals surface area contributed by atoms with Crippen LogP contribution in [0.15, 0.2) is 18.5 Å². The fourth-order valence-electron chi connectivity index (χ4n) is 1.91. The molecule has 1 aromatic heterocycles. The minimum absolute atomic E-state index is 0.222. The van der Waals surface area contributed by atoms with Crippen LogP contribution in [0.2, 0.25) is 0 Å². The van der Waals surface area contributed by atoms with E-state index in [4.69, 9.17) is 0 Å². The molecule has 1 saturated heterocycles. The van der Waals surface area contributed by atoms with Crippen molar-refractivity contribution >= 4 is 16.2 Å². The Morgan fingerprint density at radius 2 is 1.89 bits per heavy atom. The van der Waals surface area contributed by atoms with Gasteiger partial charge >= 0.3 is 16.2 Å². The second-order valence-electron chi connectivity index (χ2n) is 4.43. The van der Waals surface area contributed by atoms with E-state index in [9.17, 15) is 13.2 Å². The Bertz CT molecular complexity index is 558. The summed E-state index contributed by atoms with van der Waals surface area (Å²) >= 11 is 0. The van der Waals surface area contributed by atoms with E-state index in [1.54, 1.807) is 0 Å². The van der Waals surface area contributed by atoms with Gasteiger partial charge in [-0.15, -0.1) is 0 Å². The SMILES string of the molecule is COC(=O)c1ccn(S(=O)(=O)N2CCN(C)CC2)c1. The number of piperazine rings is 1. The summed E-state index contributed by atoms with van der Waals surface area (Å²) in [4.78, 5) is 13.4. The van der Waals surface area contributed by atoms with Crippen LogP contribution in [-0.2, 0) is 14.9 Å². The third-order valence-electron chi connectivity index (χ3n) is 3.14. The first-order valence-corrected chi connectivity index (χ1v) is 7.30. The third kappa shape index (κ3) is 2.80. The van der Waals surface area contributed by atoms with Gasteiger partial charge < -0.3 is 9.64 Å². The fourth-order valence-corrected chi connectivity index (χ4v) is 3.26. The molecular weight excluding hydrogens is 270 g/mol. The molecule has 2 heterocycles. The molecule has 0 amide bonds. The summed E-state index contributed by atoms with van der Waals surface area (Å²) in [7, 11) is -0.379. The van der Waals surface area contributed by atoms with E-state index < -0.39 is 16.2 Å². The van der Waals surface area contributed by atoms with Gasteiger partial charge in [-0.05, 0) is 13.1 Å². The largest absolute Gasteiger partial charge is 0.465 e. The first-order valence-electron chi connectivity index (χ1n) is 5.90. The number of ether oxygens (including phenoxy) is 1. The highest BCUT2D eigenvalue weighted by Gasteiger charge is 2.27. The molecule has 0 saturated carbocycles. The van der Waals surface area contributed by atoms with Crippen molar-refractivity contribution in [1.29, 1.82) is 0 Å². The summed E-state index contributed by atoms with van der Waals surface area (Å²) < 4.78 is 31.7. The van der Waals surface area contributed by atoms with Crippen LogP contribution in [0, 0.1) is 0 Å². The monoisotopic (exact) mass is 287 g/mol. The maximum Gasteiger partial charge on any atom is 0.339 e. The second-order valence-corrected chi connectivity index (χ2v) is 6.27. The molecule has 19 heavy (non-hydrogen) atoms. The van der Waals surface area contributed by atoms with Crippen LogP contribution in [0.5, 0.6) is 0 Å². The first-order chi connectivity index (χ1) is 8.95. The van der Waals surface area contributed by atoms with Gasteiger partial charge in [-0.1, -0.05) is 0 Å². The molecule has 2 rings (SSSR count). The number of rotatable bonds is 3. The molecule has 0 spiro atoms. The van der Waals surface area contributed by atoms with Crippen LogP contribution in [0.4, 0.5) is 0 Å². The minimum Gasteiger partial charge on any atom is -0.465 e. The summed E-state index contributed by atoms with van der Waals surface area (Å²) in [5.41, 5.74) is 0.222. The normalized spacial score (nSPS) is 18.4. The number of methoxy groups -OCH3 is 1. The van der Waals surface area contributed by atoms with Gasteiger partial charge in [-0.2, -0.15) is 12.7 Å². The van der Waals surface area contributed by atoms with Gasteiger partial charge in [-0.25, -0.2) is 8.77 Å². The van der Waals surface area contributed by atoms with Crippen LogP contribution in [0.25, 0.3) is 0 Å². The van der Waals surface area contributed by atoms with Crippen LogP contribution in [0.3, 0.4) is 0 Å². The van der Waals surface area contributed by atoms with Gasteiger partial charge in [0.1, 0.15) is 0 Å². The second kappa shape index (κ2) is 5.32. The zero-order chi connectivity index (χ0) is 14.0. The van der Waals surface area contributed by atoms with Crippen molar-refractivity contribution in [2.45, 2.75) is 0 Å². The average molecular weight is 287 g/mol. The fraction of sp³-hybridized carbons (Fsp3) is 0.545. The standard InChI is InChI=1S/C11H17N3O4S/c1-12-5-7-13(8-6-12)19(16,17)14-4-3-10(9-14)11(15)18-2/h3-4,9H,5-8H2,1-2H3. The van der Waals surface area contributed by atoms with E-state index in [0.29, 0.717) is 26.2 Å². The lowest BCUT2D eigenvalue weighted by molar-refractivity contribution is 0.0601. The molecule has 0 bridgehead atoms. The molecule has 0 aromatic carbocycles. The van der Waals surface area contributed by atoms with Crippen LogP contribution < -0.4 is 0 Å². The molecule has 8 heteroatoms. The molecule has 0 unspecified atom stereocenters. The number of carbonyl (C=O) groups excluding carboxylic acids is 1. The molecule has 0 aliphatic carbocycles. The molecule has 1 fully saturated rings. The van der Waals surface area contributed by atoms with Crippen LogP contribution >= 0.6 is 0 Å². The van der Waals surface area contributed by atoms with Crippen molar-refractivity contribution in [2.75, 3.05) is 40.3 Å². The Morgan fingerprint density at radius 1 is 1.26 bits per heavy atom. The van der Waals surface area contributed by atoms with Gasteiger partial charge in [0, 0.05) is 38.6 Å². The maximum atomic E-state index is 12.3. The van der Waals surface area contributed by atoms with Crippen molar-refractivity contribution in [2.24, 2.45) is 0 Å². The van der Waals surface area contributed by atoms with E-state index in [-0.39, 0.29) is 5.56 Å². The van der Waals surface area contributed by atoms with Gasteiger partial charge in [-0.3, -0.25) is 0 Å². The zero-order valence-electron chi connectivity index (χ0n) is 10.9. The number of likely N-dealkylation sites (N-methyl/N-ethyl adjacent to an activating group) is 1. The van der Waals surface area contributed by atoms with Gasteiger partial charge in [0.25, 0.3) is 0 Å². The number of hydrogen-bond donors (Lipinski definition) is 0. The molecule has 0 N–H and O–H groups in total. The maximum absolute atomic E-state index is 12.3. The summed E-state index contributed by atoms with van der Waals surface area (Å²) in [6, 6.07) is 1.43. The number of nitrogens with zero attached hydrogens (tertiary/aromatic N) is 3. The van der Waals surface area contributed by atoms with Crippen molar-refractivity contribution in [3.8, 4) is 0 Å². The summed E-state index contributed by atoms with van der Waals surface area (Å²) in [5, 5.41) is 0. The zero-order valence-corrected chi connectivity index (χ0v) is 11.8. The van der Waals surface area contributed by atoms with E-state index >= 15 is 0 Å². The number of hydrogen-bond acceptors (Lipinski definition) is 5. The summed E-state index contributed by atoms with van der Waals surface area (Å²) in [5.74, 6) is -0.549. The highest BCUT2D eigenvalue weighted by Crippen LogP contribution is 2.12. The summed E-state index contributed by atoms with van der Waals surface area (Å²) in [6.45, 7) is 2.30. The van der Waals surface area contributed by atoms with Gasteiger partial charge in [0.15, 0.2) is 0 Å². The Labute approximate surface area is 112 Å². The Kier molecular flexibility index (Phi) is 3.93. The highest BCUT2D eigenvalue weighted by atomic mass is 32.2. The summed E-state index contributed by atoms with van der Waals surface area (Å²) in [6.07, 6.45) is 2.64. The average Bonchev–Trinajstić information content (AvgIpc) is 2.88. The molecule has 0 atom stereocenters. The Morgan fingerprint density at radius 3 is 2.47 bits per heavy atom. The van der Waals surface area contributed by atoms with Crippen LogP contribution in [0.1, 0.15) is 10.4 Å². The predicted octanol–water partition coefficient (Wildman–Crippen LogP) is -0.385. The lowest BCUT2D eigenvalue weighted by Crippen LogP contribution is -2.48. The molecule has 106 valence electrons. The number of esters is 1. The number of aromatic nitrogens is 1. The molecule has 7 nitrogen and oxygen atoms in total. The molecule has 1 aromatic rings. The number of carbonyl (C=O) groups is 1. The molecule has 0 radical (unpaired) electrons. The molecule has 1 aliphatic heterocycles. The topological polar surface area (TPSA) is 71.8 Å². The van der Waals surface area contributed by atoms with Gasteiger partial charge in [0.2, 0.25) is 0 Å². The highest BCUT2D eigenvalue weighted by molar-refractivity contribution is 7.87. The Hall–Kier alpha value is -1.38. The van der Waals surface area contributed by atoms with Crippen molar-refractivity contribution in [3.05, 3.63) is 24.0 Å². The minimum atomic E-state index is -3.59. The van der Waals surface area contributed by atoms with E-state index in [2.05, 4.69) is 9.64 Å². The lowest BCUT2D eigenvalue weighted by Gasteiger charge is -2.31. The van der Waals surface area contributed by atoms with Crippen molar-refractivity contribution < 1.29 is 17.9 Å². The van der Waals surface area contributed by atoms with Crippen molar-refractivity contribution in [3.63, 3.8) is 0 Å². The quantitative estimate of drug-likeness (QED) is 0.708. The molecule has 1 aliphatic rings.